The van der Waals surface area contributed by atoms with Crippen LogP contribution in [0.15, 0.2) is 4.99 Å². The van der Waals surface area contributed by atoms with Crippen molar-refractivity contribution in [3.63, 3.8) is 0 Å². The van der Waals surface area contributed by atoms with Crippen LogP contribution in [-0.2, 0) is 4.74 Å². The summed E-state index contributed by atoms with van der Waals surface area (Å²) in [6, 6.07) is 0. The van der Waals surface area contributed by atoms with E-state index >= 15 is 0 Å². The largest absolute Gasteiger partial charge is 0.391 e. The zero-order chi connectivity index (χ0) is 10.6. The number of hydrogen-bond donors (Lipinski definition) is 2. The van der Waals surface area contributed by atoms with Crippen LogP contribution in [-0.4, -0.2) is 54.4 Å². The molecule has 0 aromatic heterocycles. The molecule has 5 heteroatoms. The minimum atomic E-state index is -0.438. The monoisotopic (exact) mass is 201 g/mol. The number of rotatable bonds is 2. The third kappa shape index (κ3) is 3.51. The molecular weight excluding hydrogens is 182 g/mol. The van der Waals surface area contributed by atoms with Crippen molar-refractivity contribution in [2.75, 3.05) is 26.2 Å². The summed E-state index contributed by atoms with van der Waals surface area (Å²) in [4.78, 5) is 6.08. The first-order chi connectivity index (χ1) is 6.59. The van der Waals surface area contributed by atoms with Crippen LogP contribution < -0.4 is 5.73 Å². The second-order valence-electron chi connectivity index (χ2n) is 3.68. The Morgan fingerprint density at radius 1 is 1.79 bits per heavy atom. The van der Waals surface area contributed by atoms with Gasteiger partial charge in [-0.1, -0.05) is 0 Å². The second-order valence-corrected chi connectivity index (χ2v) is 3.68. The first kappa shape index (κ1) is 11.3. The molecule has 1 saturated heterocycles. The van der Waals surface area contributed by atoms with E-state index in [2.05, 4.69) is 4.99 Å². The van der Waals surface area contributed by atoms with Crippen molar-refractivity contribution in [3.05, 3.63) is 0 Å². The molecule has 1 heterocycles. The lowest BCUT2D eigenvalue weighted by atomic mass is 10.3. The fraction of sp³-hybridized carbons (Fsp3) is 0.889. The number of hydrogen-bond acceptors (Lipinski definition) is 3. The summed E-state index contributed by atoms with van der Waals surface area (Å²) >= 11 is 0. The molecule has 5 nitrogen and oxygen atoms in total. The number of guanidine groups is 1. The molecule has 0 aromatic rings. The summed E-state index contributed by atoms with van der Waals surface area (Å²) < 4.78 is 5.38. The molecule has 1 rings (SSSR count). The Labute approximate surface area is 84.6 Å². The highest BCUT2D eigenvalue weighted by molar-refractivity contribution is 5.78. The van der Waals surface area contributed by atoms with E-state index in [1.807, 2.05) is 11.8 Å². The van der Waals surface area contributed by atoms with Crippen molar-refractivity contribution < 1.29 is 9.84 Å². The Balaban J connectivity index is 2.42. The van der Waals surface area contributed by atoms with Crippen molar-refractivity contribution in [2.24, 2.45) is 10.7 Å². The molecule has 0 aliphatic carbocycles. The number of aliphatic imine (C=N–C) groups is 1. The van der Waals surface area contributed by atoms with Gasteiger partial charge in [0, 0.05) is 13.1 Å². The summed E-state index contributed by atoms with van der Waals surface area (Å²) in [7, 11) is 0. The number of aliphatic hydroxyl groups is 1. The normalized spacial score (nSPS) is 26.4. The Bertz CT molecular complexity index is 206. The summed E-state index contributed by atoms with van der Waals surface area (Å²) in [6.07, 6.45) is -0.240. The van der Waals surface area contributed by atoms with Gasteiger partial charge in [0.25, 0.3) is 0 Å². The molecule has 1 aliphatic rings. The highest BCUT2D eigenvalue weighted by Crippen LogP contribution is 2.03. The molecular formula is C9H19N3O2. The predicted molar refractivity (Wildman–Crippen MR) is 55.2 cm³/mol. The van der Waals surface area contributed by atoms with E-state index in [4.69, 9.17) is 15.6 Å². The van der Waals surface area contributed by atoms with Crippen LogP contribution in [0.2, 0.25) is 0 Å². The third-order valence-electron chi connectivity index (χ3n) is 2.08. The van der Waals surface area contributed by atoms with Crippen molar-refractivity contribution >= 4 is 5.96 Å². The second kappa shape index (κ2) is 5.17. The molecule has 3 N–H and O–H groups in total. The molecule has 0 saturated carbocycles. The van der Waals surface area contributed by atoms with Gasteiger partial charge in [-0.3, -0.25) is 4.99 Å². The van der Waals surface area contributed by atoms with Gasteiger partial charge in [0.15, 0.2) is 5.96 Å². The standard InChI is InChI=1S/C9H19N3O2/c1-7(13)5-11-9(10)12-3-4-14-8(2)6-12/h7-8,13H,3-6H2,1-2H3,(H2,10,11)/t7-,8?/m1/s1. The molecule has 0 spiro atoms. The van der Waals surface area contributed by atoms with Gasteiger partial charge < -0.3 is 20.5 Å². The molecule has 1 aliphatic heterocycles. The Morgan fingerprint density at radius 2 is 2.50 bits per heavy atom. The van der Waals surface area contributed by atoms with Crippen LogP contribution in [0.1, 0.15) is 13.8 Å². The Kier molecular flexibility index (Phi) is 4.16. The van der Waals surface area contributed by atoms with E-state index in [1.165, 1.54) is 0 Å². The van der Waals surface area contributed by atoms with Gasteiger partial charge in [-0.15, -0.1) is 0 Å². The van der Waals surface area contributed by atoms with Crippen molar-refractivity contribution in [2.45, 2.75) is 26.1 Å². The van der Waals surface area contributed by atoms with Crippen LogP contribution in [0, 0.1) is 0 Å². The van der Waals surface area contributed by atoms with Crippen LogP contribution in [0.3, 0.4) is 0 Å². The maximum Gasteiger partial charge on any atom is 0.191 e. The van der Waals surface area contributed by atoms with E-state index in [0.29, 0.717) is 19.1 Å². The zero-order valence-corrected chi connectivity index (χ0v) is 8.81. The lowest BCUT2D eigenvalue weighted by Crippen LogP contribution is -2.48. The fourth-order valence-electron chi connectivity index (χ4n) is 1.35. The van der Waals surface area contributed by atoms with Crippen LogP contribution >= 0.6 is 0 Å². The molecule has 2 atom stereocenters. The molecule has 1 fully saturated rings. The van der Waals surface area contributed by atoms with Gasteiger partial charge in [-0.25, -0.2) is 0 Å². The minimum Gasteiger partial charge on any atom is -0.391 e. The summed E-state index contributed by atoms with van der Waals surface area (Å²) in [5.74, 6) is 0.501. The van der Waals surface area contributed by atoms with Crippen LogP contribution in [0.25, 0.3) is 0 Å². The van der Waals surface area contributed by atoms with E-state index in [0.717, 1.165) is 13.1 Å². The molecule has 0 aromatic carbocycles. The van der Waals surface area contributed by atoms with Gasteiger partial charge in [-0.05, 0) is 13.8 Å². The van der Waals surface area contributed by atoms with Gasteiger partial charge >= 0.3 is 0 Å². The number of nitrogens with two attached hydrogens (primary N) is 1. The summed E-state index contributed by atoms with van der Waals surface area (Å²) in [5, 5.41) is 9.05. The smallest absolute Gasteiger partial charge is 0.191 e. The van der Waals surface area contributed by atoms with E-state index in [1.54, 1.807) is 6.92 Å². The minimum absolute atomic E-state index is 0.198. The first-order valence-electron chi connectivity index (χ1n) is 4.94. The third-order valence-corrected chi connectivity index (χ3v) is 2.08. The maximum atomic E-state index is 9.05. The van der Waals surface area contributed by atoms with Gasteiger partial charge in [0.05, 0.1) is 25.4 Å². The average Bonchev–Trinajstić information content (AvgIpc) is 2.14. The highest BCUT2D eigenvalue weighted by Gasteiger charge is 2.17. The fourth-order valence-corrected chi connectivity index (χ4v) is 1.35. The Morgan fingerprint density at radius 3 is 3.07 bits per heavy atom. The molecule has 14 heavy (non-hydrogen) atoms. The maximum absolute atomic E-state index is 9.05. The molecule has 82 valence electrons. The van der Waals surface area contributed by atoms with E-state index in [9.17, 15) is 0 Å². The van der Waals surface area contributed by atoms with Crippen LogP contribution in [0.4, 0.5) is 0 Å². The topological polar surface area (TPSA) is 71.1 Å². The van der Waals surface area contributed by atoms with Gasteiger partial charge in [-0.2, -0.15) is 0 Å². The number of morpholine rings is 1. The summed E-state index contributed by atoms with van der Waals surface area (Å²) in [5.41, 5.74) is 5.77. The lowest BCUT2D eigenvalue weighted by Gasteiger charge is -2.31. The van der Waals surface area contributed by atoms with Gasteiger partial charge in [0.2, 0.25) is 0 Å². The molecule has 0 radical (unpaired) electrons. The molecule has 0 amide bonds. The number of nitrogens with zero attached hydrogens (tertiary/aromatic N) is 2. The van der Waals surface area contributed by atoms with Crippen molar-refractivity contribution in [3.8, 4) is 0 Å². The molecule has 0 bridgehead atoms. The SMILES string of the molecule is CC1CN(C(N)=NC[C@@H](C)O)CCO1. The zero-order valence-electron chi connectivity index (χ0n) is 8.81. The highest BCUT2D eigenvalue weighted by atomic mass is 16.5. The van der Waals surface area contributed by atoms with Gasteiger partial charge in [0.1, 0.15) is 0 Å². The number of ether oxygens (including phenoxy) is 1. The van der Waals surface area contributed by atoms with E-state index in [-0.39, 0.29) is 6.10 Å². The van der Waals surface area contributed by atoms with Crippen LogP contribution in [0.5, 0.6) is 0 Å². The van der Waals surface area contributed by atoms with Crippen molar-refractivity contribution in [1.29, 1.82) is 0 Å². The predicted octanol–water partition coefficient (Wildman–Crippen LogP) is -0.597. The van der Waals surface area contributed by atoms with E-state index < -0.39 is 6.10 Å². The average molecular weight is 201 g/mol. The summed E-state index contributed by atoms with van der Waals surface area (Å²) in [6.45, 7) is 6.30. The lowest BCUT2D eigenvalue weighted by molar-refractivity contribution is 0.00524. The quantitative estimate of drug-likeness (QED) is 0.462. The number of aliphatic hydroxyl groups excluding tert-OH is 1. The molecule has 1 unspecified atom stereocenters. The first-order valence-corrected chi connectivity index (χ1v) is 4.94. The Hall–Kier alpha value is -0.810. The van der Waals surface area contributed by atoms with Crippen molar-refractivity contribution in [1.82, 2.24) is 4.90 Å².